The van der Waals surface area contributed by atoms with E-state index >= 15 is 0 Å². The molecule has 7 nitrogen and oxygen atoms in total. The number of ether oxygens (including phenoxy) is 1. The third kappa shape index (κ3) is 4.37. The number of piperazine rings is 1. The molecule has 0 atom stereocenters. The van der Waals surface area contributed by atoms with Gasteiger partial charge in [0.05, 0.1) is 17.9 Å². The first-order valence-electron chi connectivity index (χ1n) is 10.7. The van der Waals surface area contributed by atoms with Crippen molar-refractivity contribution in [2.24, 2.45) is 0 Å². The number of nitrogens with zero attached hydrogens (tertiary/aromatic N) is 4. The molecule has 3 aromatic rings. The number of hydrogen-bond donors (Lipinski definition) is 0. The van der Waals surface area contributed by atoms with Crippen LogP contribution in [-0.2, 0) is 9.53 Å². The number of amides is 2. The Balaban J connectivity index is 1.66. The van der Waals surface area contributed by atoms with E-state index in [4.69, 9.17) is 9.84 Å². The lowest BCUT2D eigenvalue weighted by Crippen LogP contribution is -2.54. The second kappa shape index (κ2) is 8.49. The summed E-state index contributed by atoms with van der Waals surface area (Å²) in [6.07, 6.45) is -0.598. The number of carbonyl (C=O) groups is 2. The SMILES string of the molecule is Cc1c(N2CCN(C(=O)OC(C)(C)C)C(=O)C2)nn(-c2ccccc2)c1-c1ccccc1. The second-order valence-corrected chi connectivity index (χ2v) is 8.86. The zero-order chi connectivity index (χ0) is 22.9. The molecule has 0 aliphatic carbocycles. The van der Waals surface area contributed by atoms with Gasteiger partial charge in [-0.3, -0.25) is 4.79 Å². The smallest absolute Gasteiger partial charge is 0.417 e. The molecule has 4 rings (SSSR count). The van der Waals surface area contributed by atoms with Gasteiger partial charge in [-0.1, -0.05) is 48.5 Å². The normalized spacial score (nSPS) is 14.6. The summed E-state index contributed by atoms with van der Waals surface area (Å²) in [7, 11) is 0. The van der Waals surface area contributed by atoms with Crippen LogP contribution >= 0.6 is 0 Å². The van der Waals surface area contributed by atoms with Crippen LogP contribution in [-0.4, -0.2) is 51.9 Å². The molecule has 2 amide bonds. The van der Waals surface area contributed by atoms with Gasteiger partial charge in [0, 0.05) is 24.2 Å². The van der Waals surface area contributed by atoms with Crippen LogP contribution in [0.4, 0.5) is 10.6 Å². The Morgan fingerprint density at radius 2 is 1.59 bits per heavy atom. The van der Waals surface area contributed by atoms with E-state index in [0.29, 0.717) is 6.54 Å². The zero-order valence-corrected chi connectivity index (χ0v) is 18.9. The van der Waals surface area contributed by atoms with Crippen molar-refractivity contribution in [1.29, 1.82) is 0 Å². The van der Waals surface area contributed by atoms with E-state index < -0.39 is 11.7 Å². The number of aromatic nitrogens is 2. The molecule has 7 heteroatoms. The summed E-state index contributed by atoms with van der Waals surface area (Å²) in [6, 6.07) is 20.0. The van der Waals surface area contributed by atoms with Gasteiger partial charge in [-0.2, -0.15) is 0 Å². The Kier molecular flexibility index (Phi) is 5.74. The molecule has 1 fully saturated rings. The third-order valence-corrected chi connectivity index (χ3v) is 5.28. The van der Waals surface area contributed by atoms with Crippen LogP contribution in [0.1, 0.15) is 26.3 Å². The van der Waals surface area contributed by atoms with Crippen LogP contribution in [0, 0.1) is 6.92 Å². The topological polar surface area (TPSA) is 67.7 Å². The minimum absolute atomic E-state index is 0.0696. The highest BCUT2D eigenvalue weighted by atomic mass is 16.6. The fraction of sp³-hybridized carbons (Fsp3) is 0.320. The van der Waals surface area contributed by atoms with E-state index in [9.17, 15) is 9.59 Å². The van der Waals surface area contributed by atoms with Crippen molar-refractivity contribution < 1.29 is 14.3 Å². The number of anilines is 1. The third-order valence-electron chi connectivity index (χ3n) is 5.28. The molecule has 0 radical (unpaired) electrons. The van der Waals surface area contributed by atoms with Gasteiger partial charge in [0.1, 0.15) is 5.60 Å². The summed E-state index contributed by atoms with van der Waals surface area (Å²) in [5.74, 6) is 0.449. The summed E-state index contributed by atoms with van der Waals surface area (Å²) < 4.78 is 7.30. The lowest BCUT2D eigenvalue weighted by Gasteiger charge is -2.34. The molecule has 1 aliphatic heterocycles. The lowest BCUT2D eigenvalue weighted by atomic mass is 10.1. The predicted octanol–water partition coefficient (Wildman–Crippen LogP) is 4.43. The van der Waals surface area contributed by atoms with Crippen LogP contribution in [0.5, 0.6) is 0 Å². The molecule has 0 unspecified atom stereocenters. The maximum Gasteiger partial charge on any atom is 0.417 e. The highest BCUT2D eigenvalue weighted by Crippen LogP contribution is 2.33. The van der Waals surface area contributed by atoms with Crippen molar-refractivity contribution in [1.82, 2.24) is 14.7 Å². The molecular weight excluding hydrogens is 404 g/mol. The molecule has 1 aromatic heterocycles. The minimum atomic E-state index is -0.649. The van der Waals surface area contributed by atoms with E-state index in [-0.39, 0.29) is 19.0 Å². The fourth-order valence-electron chi connectivity index (χ4n) is 3.84. The number of rotatable bonds is 3. The van der Waals surface area contributed by atoms with Gasteiger partial charge >= 0.3 is 6.09 Å². The molecular formula is C25H28N4O3. The largest absolute Gasteiger partial charge is 0.443 e. The second-order valence-electron chi connectivity index (χ2n) is 8.86. The van der Waals surface area contributed by atoms with Crippen LogP contribution in [0.15, 0.2) is 60.7 Å². The highest BCUT2D eigenvalue weighted by molar-refractivity contribution is 5.95. The van der Waals surface area contributed by atoms with Gasteiger partial charge in [-0.25, -0.2) is 14.4 Å². The Bertz CT molecular complexity index is 1120. The molecule has 0 spiro atoms. The van der Waals surface area contributed by atoms with Crippen molar-refractivity contribution in [3.8, 4) is 16.9 Å². The Labute approximate surface area is 188 Å². The molecule has 32 heavy (non-hydrogen) atoms. The first-order valence-corrected chi connectivity index (χ1v) is 10.7. The molecule has 1 aliphatic rings. The zero-order valence-electron chi connectivity index (χ0n) is 18.9. The van der Waals surface area contributed by atoms with Crippen molar-refractivity contribution in [3.63, 3.8) is 0 Å². The van der Waals surface area contributed by atoms with Gasteiger partial charge in [-0.05, 0) is 39.8 Å². The van der Waals surface area contributed by atoms with E-state index in [1.54, 1.807) is 20.8 Å². The lowest BCUT2D eigenvalue weighted by molar-refractivity contribution is -0.130. The molecule has 2 heterocycles. The van der Waals surface area contributed by atoms with Gasteiger partial charge < -0.3 is 9.64 Å². The van der Waals surface area contributed by atoms with E-state index in [1.807, 2.05) is 65.0 Å². The fourth-order valence-corrected chi connectivity index (χ4v) is 3.84. The van der Waals surface area contributed by atoms with Crippen LogP contribution in [0.25, 0.3) is 16.9 Å². The quantitative estimate of drug-likeness (QED) is 0.612. The van der Waals surface area contributed by atoms with Gasteiger partial charge in [0.2, 0.25) is 0 Å². The maximum atomic E-state index is 12.8. The summed E-state index contributed by atoms with van der Waals surface area (Å²) in [4.78, 5) is 28.3. The summed E-state index contributed by atoms with van der Waals surface area (Å²) >= 11 is 0. The molecule has 1 saturated heterocycles. The number of carbonyl (C=O) groups excluding carboxylic acids is 2. The number of para-hydroxylation sites is 1. The van der Waals surface area contributed by atoms with Crippen LogP contribution in [0.2, 0.25) is 0 Å². The Morgan fingerprint density at radius 3 is 2.19 bits per heavy atom. The van der Waals surface area contributed by atoms with Gasteiger partial charge in [-0.15, -0.1) is 5.10 Å². The molecule has 0 N–H and O–H groups in total. The molecule has 0 bridgehead atoms. The number of benzene rings is 2. The Hall–Kier alpha value is -3.61. The van der Waals surface area contributed by atoms with Crippen LogP contribution in [0.3, 0.4) is 0 Å². The van der Waals surface area contributed by atoms with Gasteiger partial charge in [0.15, 0.2) is 5.82 Å². The molecule has 0 saturated carbocycles. The molecule has 166 valence electrons. The van der Waals surface area contributed by atoms with E-state index in [2.05, 4.69) is 12.1 Å². The van der Waals surface area contributed by atoms with Crippen molar-refractivity contribution in [3.05, 3.63) is 66.2 Å². The highest BCUT2D eigenvalue weighted by Gasteiger charge is 2.34. The van der Waals surface area contributed by atoms with Crippen molar-refractivity contribution in [2.45, 2.75) is 33.3 Å². The predicted molar refractivity (Wildman–Crippen MR) is 124 cm³/mol. The Morgan fingerprint density at radius 1 is 0.969 bits per heavy atom. The maximum absolute atomic E-state index is 12.8. The van der Waals surface area contributed by atoms with E-state index in [1.165, 1.54) is 4.90 Å². The first-order chi connectivity index (χ1) is 15.2. The number of hydrogen-bond acceptors (Lipinski definition) is 5. The summed E-state index contributed by atoms with van der Waals surface area (Å²) in [5.41, 5.74) is 3.31. The van der Waals surface area contributed by atoms with Crippen molar-refractivity contribution >= 4 is 17.8 Å². The average molecular weight is 433 g/mol. The summed E-state index contributed by atoms with van der Waals surface area (Å²) in [6.45, 7) is 8.20. The van der Waals surface area contributed by atoms with Gasteiger partial charge in [0.25, 0.3) is 5.91 Å². The standard InChI is InChI=1S/C25H28N4O3/c1-18-22(19-11-7-5-8-12-19)29(20-13-9-6-10-14-20)26-23(18)27-15-16-28(21(30)17-27)24(31)32-25(2,3)4/h5-14H,15-17H2,1-4H3. The first kappa shape index (κ1) is 21.6. The van der Waals surface area contributed by atoms with Crippen molar-refractivity contribution in [2.75, 3.05) is 24.5 Å². The summed E-state index contributed by atoms with van der Waals surface area (Å²) in [5, 5.41) is 4.90. The average Bonchev–Trinajstić information content (AvgIpc) is 3.10. The minimum Gasteiger partial charge on any atom is -0.443 e. The number of imide groups is 1. The monoisotopic (exact) mass is 432 g/mol. The molecule has 2 aromatic carbocycles. The van der Waals surface area contributed by atoms with Crippen LogP contribution < -0.4 is 4.90 Å². The van der Waals surface area contributed by atoms with E-state index in [0.717, 1.165) is 28.3 Å².